The molecule has 60 heavy (non-hydrogen) atoms. The Morgan fingerprint density at radius 1 is 0.250 bits per heavy atom. The molecule has 274 valence electrons. The van der Waals surface area contributed by atoms with Gasteiger partial charge in [-0.2, -0.15) is 0 Å². The molecule has 15 rings (SSSR count). The predicted molar refractivity (Wildman–Crippen MR) is 248 cm³/mol. The average molecular weight is 755 g/mol. The van der Waals surface area contributed by atoms with Crippen LogP contribution in [0, 0.1) is 0 Å². The zero-order chi connectivity index (χ0) is 38.9. The lowest BCUT2D eigenvalue weighted by atomic mass is 9.68. The second kappa shape index (κ2) is 10.7. The van der Waals surface area contributed by atoms with Crippen LogP contribution >= 0.6 is 0 Å². The van der Waals surface area contributed by atoms with E-state index in [4.69, 9.17) is 0 Å². The highest BCUT2D eigenvalue weighted by atomic mass is 14.5. The summed E-state index contributed by atoms with van der Waals surface area (Å²) in [6.45, 7) is 0. The molecule has 0 nitrogen and oxygen atoms in total. The summed E-state index contributed by atoms with van der Waals surface area (Å²) < 4.78 is 0. The molecule has 0 aromatic heterocycles. The smallest absolute Gasteiger partial charge is 0.0619 e. The van der Waals surface area contributed by atoms with Gasteiger partial charge in [-0.05, 0) is 145 Å². The molecule has 0 N–H and O–H groups in total. The van der Waals surface area contributed by atoms with Gasteiger partial charge in [-0.1, -0.05) is 194 Å². The van der Waals surface area contributed by atoms with Gasteiger partial charge in [-0.25, -0.2) is 0 Å². The molecule has 11 aromatic carbocycles. The van der Waals surface area contributed by atoms with Gasteiger partial charge < -0.3 is 0 Å². The minimum absolute atomic E-state index is 0.392. The van der Waals surface area contributed by atoms with Crippen molar-refractivity contribution in [3.8, 4) is 55.6 Å². The van der Waals surface area contributed by atoms with Crippen LogP contribution in [0.15, 0.2) is 206 Å². The van der Waals surface area contributed by atoms with Gasteiger partial charge in [0, 0.05) is 0 Å². The van der Waals surface area contributed by atoms with E-state index in [1.807, 2.05) is 0 Å². The standard InChI is InChI=1S/C60H34/c1-7-25-48-37(16-1)38-17-2-8-26-49(38)59(48)50-27-9-3-20-41(50)42-32-31-35(34-54(42)59)47-33-36-15-13-23-45-55(36)56-43(47)22-14-24-46(56)58-57(45)44-21-6-12-30-53(44)60(58)51-28-10-4-18-39(51)40-19-5-11-29-52(40)60/h1-34H. The topological polar surface area (TPSA) is 0 Å². The number of hydrogen-bond acceptors (Lipinski definition) is 0. The maximum absolute atomic E-state index is 2.55. The highest BCUT2D eigenvalue weighted by Crippen LogP contribution is 2.67. The van der Waals surface area contributed by atoms with E-state index in [9.17, 15) is 0 Å². The normalized spacial score (nSPS) is 14.9. The van der Waals surface area contributed by atoms with Crippen molar-refractivity contribution in [3.05, 3.63) is 251 Å². The average Bonchev–Trinajstić information content (AvgIpc) is 4.00. The molecule has 11 aromatic rings. The Labute approximate surface area is 348 Å². The van der Waals surface area contributed by atoms with Gasteiger partial charge in [0.25, 0.3) is 0 Å². The summed E-state index contributed by atoms with van der Waals surface area (Å²) in [7, 11) is 0. The van der Waals surface area contributed by atoms with E-state index in [1.165, 1.54) is 132 Å². The van der Waals surface area contributed by atoms with Crippen molar-refractivity contribution in [1.82, 2.24) is 0 Å². The van der Waals surface area contributed by atoms with E-state index in [1.54, 1.807) is 0 Å². The van der Waals surface area contributed by atoms with Crippen molar-refractivity contribution in [2.75, 3.05) is 0 Å². The molecule has 0 amide bonds. The van der Waals surface area contributed by atoms with Gasteiger partial charge in [-0.3, -0.25) is 0 Å². The van der Waals surface area contributed by atoms with Crippen molar-refractivity contribution in [3.63, 3.8) is 0 Å². The van der Waals surface area contributed by atoms with E-state index < -0.39 is 10.8 Å². The van der Waals surface area contributed by atoms with Gasteiger partial charge in [0.1, 0.15) is 0 Å². The van der Waals surface area contributed by atoms with E-state index >= 15 is 0 Å². The quantitative estimate of drug-likeness (QED) is 0.146. The monoisotopic (exact) mass is 754 g/mol. The van der Waals surface area contributed by atoms with Crippen LogP contribution in [-0.2, 0) is 10.8 Å². The second-order valence-corrected chi connectivity index (χ2v) is 17.3. The highest BCUT2D eigenvalue weighted by Gasteiger charge is 2.54. The Hall–Kier alpha value is -7.54. The lowest BCUT2D eigenvalue weighted by Gasteiger charge is -2.32. The third-order valence-electron chi connectivity index (χ3n) is 15.0. The molecule has 0 radical (unpaired) electrons. The van der Waals surface area contributed by atoms with Crippen molar-refractivity contribution < 1.29 is 0 Å². The fourth-order valence-corrected chi connectivity index (χ4v) is 13.1. The van der Waals surface area contributed by atoms with Gasteiger partial charge in [0.15, 0.2) is 0 Å². The van der Waals surface area contributed by atoms with Crippen LogP contribution in [0.4, 0.5) is 0 Å². The third-order valence-corrected chi connectivity index (χ3v) is 15.0. The minimum Gasteiger partial charge on any atom is -0.0619 e. The first kappa shape index (κ1) is 31.5. The Kier molecular flexibility index (Phi) is 5.63. The Bertz CT molecular complexity index is 3620. The van der Waals surface area contributed by atoms with Crippen molar-refractivity contribution in [1.29, 1.82) is 0 Å². The first-order valence-electron chi connectivity index (χ1n) is 21.3. The zero-order valence-corrected chi connectivity index (χ0v) is 32.6. The summed E-state index contributed by atoms with van der Waals surface area (Å²) in [5.41, 5.74) is 23.5. The Morgan fingerprint density at radius 2 is 0.683 bits per heavy atom. The van der Waals surface area contributed by atoms with Crippen molar-refractivity contribution in [2.45, 2.75) is 10.8 Å². The summed E-state index contributed by atoms with van der Waals surface area (Å²) >= 11 is 0. The van der Waals surface area contributed by atoms with Crippen LogP contribution in [0.3, 0.4) is 0 Å². The van der Waals surface area contributed by atoms with Crippen LogP contribution in [0.2, 0.25) is 0 Å². The van der Waals surface area contributed by atoms with Crippen LogP contribution < -0.4 is 0 Å². The molecule has 0 atom stereocenters. The predicted octanol–water partition coefficient (Wildman–Crippen LogP) is 14.9. The van der Waals surface area contributed by atoms with Crippen LogP contribution in [-0.4, -0.2) is 0 Å². The molecule has 4 aliphatic rings. The van der Waals surface area contributed by atoms with E-state index in [0.29, 0.717) is 0 Å². The van der Waals surface area contributed by atoms with Crippen molar-refractivity contribution >= 4 is 32.3 Å². The van der Waals surface area contributed by atoms with Gasteiger partial charge in [0.2, 0.25) is 0 Å². The molecule has 4 aliphatic carbocycles. The molecule has 0 heterocycles. The summed E-state index contributed by atoms with van der Waals surface area (Å²) in [6.07, 6.45) is 0. The molecule has 0 aliphatic heterocycles. The summed E-state index contributed by atoms with van der Waals surface area (Å²) in [5.74, 6) is 0. The molecular weight excluding hydrogens is 721 g/mol. The molecule has 0 saturated carbocycles. The van der Waals surface area contributed by atoms with E-state index in [0.717, 1.165) is 0 Å². The molecule has 0 bridgehead atoms. The largest absolute Gasteiger partial charge is 0.0731 e. The molecule has 0 saturated heterocycles. The van der Waals surface area contributed by atoms with E-state index in [-0.39, 0.29) is 0 Å². The lowest BCUT2D eigenvalue weighted by Crippen LogP contribution is -2.26. The highest BCUT2D eigenvalue weighted by molar-refractivity contribution is 6.31. The SMILES string of the molecule is c1ccc2c(c1)-c1ccccc1C21c2ccccc2-c2ccc(-c3cc4cccc5c6c(c7cccc3c7c45)C3(c4ccccc4-c4ccccc43)c3ccccc3-6)cc21. The number of hydrogen-bond donors (Lipinski definition) is 0. The summed E-state index contributed by atoms with van der Waals surface area (Å²) in [6, 6.07) is 79.0. The van der Waals surface area contributed by atoms with Crippen LogP contribution in [0.25, 0.3) is 88.0 Å². The van der Waals surface area contributed by atoms with Gasteiger partial charge in [-0.15, -0.1) is 0 Å². The van der Waals surface area contributed by atoms with Gasteiger partial charge in [0.05, 0.1) is 10.8 Å². The van der Waals surface area contributed by atoms with E-state index in [2.05, 4.69) is 206 Å². The molecule has 0 unspecified atom stereocenters. The second-order valence-electron chi connectivity index (χ2n) is 17.3. The first-order chi connectivity index (χ1) is 29.8. The Morgan fingerprint density at radius 3 is 1.25 bits per heavy atom. The van der Waals surface area contributed by atoms with Crippen molar-refractivity contribution in [2.24, 2.45) is 0 Å². The fraction of sp³-hybridized carbons (Fsp3) is 0.0333. The molecule has 2 spiro atoms. The maximum Gasteiger partial charge on any atom is 0.0731 e. The van der Waals surface area contributed by atoms with Crippen LogP contribution in [0.5, 0.6) is 0 Å². The summed E-state index contributed by atoms with van der Waals surface area (Å²) in [4.78, 5) is 0. The molecular formula is C60H34. The fourth-order valence-electron chi connectivity index (χ4n) is 13.1. The zero-order valence-electron chi connectivity index (χ0n) is 32.6. The number of rotatable bonds is 1. The van der Waals surface area contributed by atoms with Crippen LogP contribution in [0.1, 0.15) is 44.5 Å². The molecule has 0 fully saturated rings. The maximum atomic E-state index is 2.55. The van der Waals surface area contributed by atoms with Gasteiger partial charge >= 0.3 is 0 Å². The number of fused-ring (bicyclic) bond motifs is 22. The minimum atomic E-state index is -0.432. The Balaban J connectivity index is 1.07. The number of benzene rings is 11. The third kappa shape index (κ3) is 3.37. The lowest BCUT2D eigenvalue weighted by molar-refractivity contribution is 0.794. The summed E-state index contributed by atoms with van der Waals surface area (Å²) in [5, 5.41) is 8.01. The first-order valence-corrected chi connectivity index (χ1v) is 21.3. The molecule has 0 heteroatoms.